The minimum absolute atomic E-state index is 0.0441. The Morgan fingerprint density at radius 2 is 1.69 bits per heavy atom. The van der Waals surface area contributed by atoms with Gasteiger partial charge in [0, 0.05) is 30.5 Å². The molecule has 1 aliphatic rings. The van der Waals surface area contributed by atoms with Crippen LogP contribution in [0, 0.1) is 5.82 Å². The summed E-state index contributed by atoms with van der Waals surface area (Å²) in [5, 5.41) is -0.478. The van der Waals surface area contributed by atoms with Gasteiger partial charge in [-0.05, 0) is 42.3 Å². The van der Waals surface area contributed by atoms with Crippen molar-refractivity contribution in [2.75, 3.05) is 17.7 Å². The van der Waals surface area contributed by atoms with Crippen LogP contribution in [0.15, 0.2) is 76.5 Å². The van der Waals surface area contributed by atoms with Crippen LogP contribution in [-0.4, -0.2) is 41.3 Å². The van der Waals surface area contributed by atoms with Gasteiger partial charge < -0.3 is 4.90 Å². The summed E-state index contributed by atoms with van der Waals surface area (Å²) in [5.74, 6) is -5.06. The second-order valence-electron chi connectivity index (χ2n) is 8.36. The molecule has 3 aromatic rings. The molecule has 12 heteroatoms. The second-order valence-corrected chi connectivity index (χ2v) is 12.4. The number of hydrogen-bond acceptors (Lipinski definition) is 5. The summed E-state index contributed by atoms with van der Waals surface area (Å²) in [6.07, 6.45) is 0.666. The Bertz CT molecular complexity index is 1550. The highest BCUT2D eigenvalue weighted by atomic mass is 35.5. The normalized spacial score (nSPS) is 18.9. The van der Waals surface area contributed by atoms with Crippen LogP contribution < -0.4 is 9.62 Å². The summed E-state index contributed by atoms with van der Waals surface area (Å²) >= 11 is 5.65. The number of nitrogens with zero attached hydrogens (tertiary/aromatic N) is 1. The molecule has 0 radical (unpaired) electrons. The zero-order valence-corrected chi connectivity index (χ0v) is 21.3. The van der Waals surface area contributed by atoms with Crippen molar-refractivity contribution in [2.45, 2.75) is 28.4 Å². The van der Waals surface area contributed by atoms with E-state index in [2.05, 4.69) is 0 Å². The first-order chi connectivity index (χ1) is 16.8. The molecule has 190 valence electrons. The number of hydrogen-bond donors (Lipinski definition) is 1. The number of nitrogens with one attached hydrogen (secondary N) is 1. The van der Waals surface area contributed by atoms with Gasteiger partial charge in [-0.3, -0.25) is 4.79 Å². The predicted octanol–water partition coefficient (Wildman–Crippen LogP) is 4.32. The Kier molecular flexibility index (Phi) is 6.95. The number of sulfonamides is 1. The number of alkyl halides is 1. The van der Waals surface area contributed by atoms with E-state index in [1.807, 2.05) is 0 Å². The number of amides is 1. The average molecular weight is 555 g/mol. The van der Waals surface area contributed by atoms with Crippen molar-refractivity contribution in [2.24, 2.45) is 0 Å². The van der Waals surface area contributed by atoms with E-state index in [-0.39, 0.29) is 23.5 Å². The van der Waals surface area contributed by atoms with Crippen molar-refractivity contribution in [1.29, 1.82) is 0 Å². The van der Waals surface area contributed by atoms with Gasteiger partial charge in [0.1, 0.15) is 5.82 Å². The fraction of sp³-hybridized carbons (Fsp3) is 0.208. The number of sulfone groups is 1. The molecule has 1 fully saturated rings. The van der Waals surface area contributed by atoms with E-state index in [9.17, 15) is 26.0 Å². The number of carbonyl (C=O) groups is 1. The van der Waals surface area contributed by atoms with E-state index < -0.39 is 53.7 Å². The molecule has 1 aliphatic heterocycles. The summed E-state index contributed by atoms with van der Waals surface area (Å²) in [4.78, 5) is 13.6. The molecule has 4 rings (SSSR count). The van der Waals surface area contributed by atoms with Gasteiger partial charge in [-0.1, -0.05) is 48.0 Å². The first-order valence-electron chi connectivity index (χ1n) is 10.7. The Morgan fingerprint density at radius 3 is 2.33 bits per heavy atom. The van der Waals surface area contributed by atoms with Crippen LogP contribution in [0.5, 0.6) is 0 Å². The highest BCUT2D eigenvalue weighted by Crippen LogP contribution is 2.35. The molecule has 0 aliphatic carbocycles. The third-order valence-corrected chi connectivity index (χ3v) is 8.64. The minimum atomic E-state index is -4.59. The van der Waals surface area contributed by atoms with Crippen LogP contribution in [0.3, 0.4) is 0 Å². The summed E-state index contributed by atoms with van der Waals surface area (Å²) < 4.78 is 81.7. The SMILES string of the molecule is CS(=O)(=O)c1cc(N2CCCC(F)(NS(=O)(=O)c3ccc(F)c(Cl)c3)C2=O)ccc1-c1ccccc1. The lowest BCUT2D eigenvalue weighted by Gasteiger charge is -2.36. The number of carbonyl (C=O) groups excluding carboxylic acids is 1. The molecule has 1 heterocycles. The molecule has 1 atom stereocenters. The van der Waals surface area contributed by atoms with Crippen molar-refractivity contribution >= 4 is 43.1 Å². The maximum atomic E-state index is 15.8. The maximum absolute atomic E-state index is 15.8. The number of rotatable bonds is 6. The van der Waals surface area contributed by atoms with Crippen LogP contribution in [0.4, 0.5) is 14.5 Å². The molecule has 0 spiro atoms. The number of anilines is 1. The van der Waals surface area contributed by atoms with Gasteiger partial charge in [0.25, 0.3) is 11.7 Å². The summed E-state index contributed by atoms with van der Waals surface area (Å²) in [6.45, 7) is 0.0441. The van der Waals surface area contributed by atoms with Crippen molar-refractivity contribution < 1.29 is 30.4 Å². The Hall–Kier alpha value is -2.86. The van der Waals surface area contributed by atoms with E-state index in [1.54, 1.807) is 35.1 Å². The molecule has 1 amide bonds. The lowest BCUT2D eigenvalue weighted by molar-refractivity contribution is -0.133. The van der Waals surface area contributed by atoms with Crippen LogP contribution in [0.1, 0.15) is 12.8 Å². The molecular formula is C24H21ClF2N2O5S2. The van der Waals surface area contributed by atoms with Crippen LogP contribution in [-0.2, 0) is 24.7 Å². The van der Waals surface area contributed by atoms with Crippen molar-refractivity contribution in [3.05, 3.63) is 77.6 Å². The summed E-state index contributed by atoms with van der Waals surface area (Å²) in [5.41, 5.74) is 1.15. The van der Waals surface area contributed by atoms with Gasteiger partial charge in [-0.25, -0.2) is 25.6 Å². The van der Waals surface area contributed by atoms with Gasteiger partial charge >= 0.3 is 0 Å². The van der Waals surface area contributed by atoms with Crippen molar-refractivity contribution in [3.8, 4) is 11.1 Å². The molecule has 1 saturated heterocycles. The molecular weight excluding hydrogens is 534 g/mol. The topological polar surface area (TPSA) is 101 Å². The second kappa shape index (κ2) is 9.55. The fourth-order valence-electron chi connectivity index (χ4n) is 4.00. The standard InChI is InChI=1S/C24H21ClF2N2O5S2/c1-35(31,32)22-14-17(8-10-19(22)16-6-3-2-4-7-16)29-13-5-12-24(27,23(29)30)28-36(33,34)18-9-11-21(26)20(25)15-18/h2-4,6-11,14-15,28H,5,12-13H2,1H3. The molecule has 0 aromatic heterocycles. The van der Waals surface area contributed by atoms with Gasteiger partial charge in [-0.2, -0.15) is 4.72 Å². The largest absolute Gasteiger partial charge is 0.308 e. The average Bonchev–Trinajstić information content (AvgIpc) is 2.82. The molecule has 1 unspecified atom stereocenters. The molecule has 36 heavy (non-hydrogen) atoms. The summed E-state index contributed by atoms with van der Waals surface area (Å²) in [6, 6.07) is 15.6. The lowest BCUT2D eigenvalue weighted by Crippen LogP contribution is -2.60. The first-order valence-corrected chi connectivity index (χ1v) is 14.5. The third kappa shape index (κ3) is 5.15. The van der Waals surface area contributed by atoms with E-state index in [0.717, 1.165) is 29.4 Å². The smallest absolute Gasteiger partial charge is 0.280 e. The molecule has 1 N–H and O–H groups in total. The van der Waals surface area contributed by atoms with E-state index >= 15 is 4.39 Å². The van der Waals surface area contributed by atoms with E-state index in [4.69, 9.17) is 11.6 Å². The van der Waals surface area contributed by atoms with Crippen molar-refractivity contribution in [3.63, 3.8) is 0 Å². The quantitative estimate of drug-likeness (QED) is 0.457. The van der Waals surface area contributed by atoms with Crippen molar-refractivity contribution in [1.82, 2.24) is 4.72 Å². The minimum Gasteiger partial charge on any atom is -0.308 e. The van der Waals surface area contributed by atoms with Gasteiger partial charge in [0.05, 0.1) is 14.8 Å². The molecule has 3 aromatic carbocycles. The Morgan fingerprint density at radius 1 is 1.00 bits per heavy atom. The van der Waals surface area contributed by atoms with Crippen LogP contribution in [0.2, 0.25) is 5.02 Å². The number of benzene rings is 3. The molecule has 0 bridgehead atoms. The van der Waals surface area contributed by atoms with Gasteiger partial charge in [-0.15, -0.1) is 0 Å². The van der Waals surface area contributed by atoms with E-state index in [0.29, 0.717) is 11.1 Å². The maximum Gasteiger partial charge on any atom is 0.280 e. The van der Waals surface area contributed by atoms with Crippen LogP contribution >= 0.6 is 11.6 Å². The molecule has 0 saturated carbocycles. The highest BCUT2D eigenvalue weighted by molar-refractivity contribution is 7.91. The molecule has 7 nitrogen and oxygen atoms in total. The number of piperidine rings is 1. The fourth-order valence-corrected chi connectivity index (χ4v) is 6.42. The van der Waals surface area contributed by atoms with Crippen LogP contribution in [0.25, 0.3) is 11.1 Å². The number of halogens is 3. The van der Waals surface area contributed by atoms with Gasteiger partial charge in [0.15, 0.2) is 9.84 Å². The Balaban J connectivity index is 1.69. The monoisotopic (exact) mass is 554 g/mol. The Labute approximate surface area is 212 Å². The van der Waals surface area contributed by atoms with Gasteiger partial charge in [0.2, 0.25) is 10.0 Å². The highest BCUT2D eigenvalue weighted by Gasteiger charge is 2.48. The summed E-state index contributed by atoms with van der Waals surface area (Å²) in [7, 11) is -8.34. The zero-order valence-electron chi connectivity index (χ0n) is 18.9. The van der Waals surface area contributed by atoms with E-state index in [1.165, 1.54) is 18.2 Å². The first kappa shape index (κ1) is 26.2. The lowest BCUT2D eigenvalue weighted by atomic mass is 10.0. The third-order valence-electron chi connectivity index (χ3n) is 5.75. The predicted molar refractivity (Wildman–Crippen MR) is 132 cm³/mol. The zero-order chi connectivity index (χ0) is 26.3.